The van der Waals surface area contributed by atoms with Gasteiger partial charge in [0.15, 0.2) is 0 Å². The zero-order chi connectivity index (χ0) is 14.5. The van der Waals surface area contributed by atoms with Crippen LogP contribution >= 0.6 is 15.9 Å². The summed E-state index contributed by atoms with van der Waals surface area (Å²) in [5.41, 5.74) is 6.78. The van der Waals surface area contributed by atoms with Crippen LogP contribution in [0, 0.1) is 0 Å². The Balaban J connectivity index is 2.11. The average Bonchev–Trinajstić information content (AvgIpc) is 2.41. The van der Waals surface area contributed by atoms with Crippen molar-refractivity contribution >= 4 is 33.3 Å². The van der Waals surface area contributed by atoms with Crippen LogP contribution in [0.4, 0.5) is 17.3 Å². The molecule has 1 heterocycles. The third-order valence-electron chi connectivity index (χ3n) is 2.72. The minimum atomic E-state index is 0.0952. The largest absolute Gasteiger partial charge is 0.358 e. The molecular formula is C14H18BrN5. The highest BCUT2D eigenvalue weighted by molar-refractivity contribution is 9.10. The molecule has 0 aliphatic carbocycles. The van der Waals surface area contributed by atoms with E-state index < -0.39 is 0 Å². The van der Waals surface area contributed by atoms with Crippen LogP contribution in [0.15, 0.2) is 41.1 Å². The van der Waals surface area contributed by atoms with Crippen molar-refractivity contribution in [1.82, 2.24) is 9.97 Å². The molecule has 2 rings (SSSR count). The van der Waals surface area contributed by atoms with Gasteiger partial charge in [0.05, 0.1) is 0 Å². The maximum absolute atomic E-state index is 5.80. The van der Waals surface area contributed by atoms with Crippen LogP contribution in [0.3, 0.4) is 0 Å². The molecule has 0 saturated heterocycles. The molecule has 20 heavy (non-hydrogen) atoms. The summed E-state index contributed by atoms with van der Waals surface area (Å²) in [6, 6.07) is 9.93. The molecule has 0 saturated carbocycles. The molecular weight excluding hydrogens is 318 g/mol. The van der Waals surface area contributed by atoms with E-state index in [0.29, 0.717) is 0 Å². The van der Waals surface area contributed by atoms with E-state index in [9.17, 15) is 0 Å². The van der Waals surface area contributed by atoms with Crippen LogP contribution in [-0.2, 0) is 0 Å². The van der Waals surface area contributed by atoms with Gasteiger partial charge < -0.3 is 16.0 Å². The number of hydrogen-bond donors (Lipinski definition) is 2. The Kier molecular flexibility index (Phi) is 4.92. The minimum absolute atomic E-state index is 0.0952. The topological polar surface area (TPSA) is 67.1 Å². The first-order valence-electron chi connectivity index (χ1n) is 6.36. The van der Waals surface area contributed by atoms with Gasteiger partial charge in [-0.25, -0.2) is 9.97 Å². The van der Waals surface area contributed by atoms with E-state index in [4.69, 9.17) is 5.73 Å². The highest BCUT2D eigenvalue weighted by Gasteiger charge is 2.06. The van der Waals surface area contributed by atoms with Gasteiger partial charge in [-0.05, 0) is 31.2 Å². The van der Waals surface area contributed by atoms with E-state index in [2.05, 4.69) is 31.2 Å². The lowest BCUT2D eigenvalue weighted by atomic mass is 10.3. The Morgan fingerprint density at radius 3 is 2.65 bits per heavy atom. The molecule has 1 atom stereocenters. The summed E-state index contributed by atoms with van der Waals surface area (Å²) in [4.78, 5) is 10.5. The maximum atomic E-state index is 5.80. The van der Waals surface area contributed by atoms with Gasteiger partial charge in [0, 0.05) is 35.9 Å². The number of anilines is 3. The van der Waals surface area contributed by atoms with Crippen LogP contribution in [-0.4, -0.2) is 29.6 Å². The highest BCUT2D eigenvalue weighted by Crippen LogP contribution is 2.19. The van der Waals surface area contributed by atoms with Gasteiger partial charge in [-0.15, -0.1) is 0 Å². The van der Waals surface area contributed by atoms with Gasteiger partial charge in [-0.3, -0.25) is 0 Å². The zero-order valence-corrected chi connectivity index (χ0v) is 13.1. The lowest BCUT2D eigenvalue weighted by Crippen LogP contribution is -2.33. The van der Waals surface area contributed by atoms with Crippen molar-refractivity contribution in [3.05, 3.63) is 41.1 Å². The van der Waals surface area contributed by atoms with E-state index >= 15 is 0 Å². The molecule has 3 N–H and O–H groups in total. The smallest absolute Gasteiger partial charge is 0.135 e. The Morgan fingerprint density at radius 2 is 2.00 bits per heavy atom. The maximum Gasteiger partial charge on any atom is 0.135 e. The Labute approximate surface area is 127 Å². The number of halogens is 1. The fourth-order valence-electron chi connectivity index (χ4n) is 1.83. The van der Waals surface area contributed by atoms with Crippen LogP contribution in [0.5, 0.6) is 0 Å². The molecule has 1 aromatic heterocycles. The molecule has 106 valence electrons. The SMILES string of the molecule is CC(N)CN(C)c1cc(Nc2ccc(Br)cc2)ncn1. The predicted octanol–water partition coefficient (Wildman–Crippen LogP) is 2.77. The van der Waals surface area contributed by atoms with E-state index in [0.717, 1.165) is 28.3 Å². The van der Waals surface area contributed by atoms with E-state index in [1.165, 1.54) is 0 Å². The summed E-state index contributed by atoms with van der Waals surface area (Å²) in [6.07, 6.45) is 1.55. The molecule has 0 fully saturated rings. The van der Waals surface area contributed by atoms with Gasteiger partial charge in [0.2, 0.25) is 0 Å². The van der Waals surface area contributed by atoms with Gasteiger partial charge in [-0.1, -0.05) is 15.9 Å². The fourth-order valence-corrected chi connectivity index (χ4v) is 2.10. The summed E-state index contributed by atoms with van der Waals surface area (Å²) in [5.74, 6) is 1.60. The number of nitrogens with two attached hydrogens (primary N) is 1. The molecule has 1 unspecified atom stereocenters. The summed E-state index contributed by atoms with van der Waals surface area (Å²) < 4.78 is 1.04. The van der Waals surface area contributed by atoms with Crippen molar-refractivity contribution in [2.24, 2.45) is 5.73 Å². The van der Waals surface area contributed by atoms with Crippen LogP contribution in [0.1, 0.15) is 6.92 Å². The summed E-state index contributed by atoms with van der Waals surface area (Å²) in [7, 11) is 1.97. The Hall–Kier alpha value is -1.66. The average molecular weight is 336 g/mol. The third-order valence-corrected chi connectivity index (χ3v) is 3.25. The van der Waals surface area contributed by atoms with Gasteiger partial charge in [0.25, 0.3) is 0 Å². The summed E-state index contributed by atoms with van der Waals surface area (Å²) in [6.45, 7) is 2.72. The van der Waals surface area contributed by atoms with Crippen molar-refractivity contribution in [2.45, 2.75) is 13.0 Å². The summed E-state index contributed by atoms with van der Waals surface area (Å²) in [5, 5.41) is 3.25. The van der Waals surface area contributed by atoms with Gasteiger partial charge >= 0.3 is 0 Å². The first-order valence-corrected chi connectivity index (χ1v) is 7.15. The number of benzene rings is 1. The third kappa shape index (κ3) is 4.18. The monoisotopic (exact) mass is 335 g/mol. The second-order valence-corrected chi connectivity index (χ2v) is 5.67. The number of rotatable bonds is 5. The molecule has 0 aliphatic rings. The number of aromatic nitrogens is 2. The van der Waals surface area contributed by atoms with E-state index in [-0.39, 0.29) is 6.04 Å². The number of nitrogens with zero attached hydrogens (tertiary/aromatic N) is 3. The lowest BCUT2D eigenvalue weighted by molar-refractivity contribution is 0.711. The zero-order valence-electron chi connectivity index (χ0n) is 11.5. The highest BCUT2D eigenvalue weighted by atomic mass is 79.9. The van der Waals surface area contributed by atoms with Crippen molar-refractivity contribution in [2.75, 3.05) is 23.8 Å². The number of likely N-dealkylation sites (N-methyl/N-ethyl adjacent to an activating group) is 1. The molecule has 1 aromatic carbocycles. The van der Waals surface area contributed by atoms with Crippen molar-refractivity contribution in [3.8, 4) is 0 Å². The first kappa shape index (κ1) is 14.7. The standard InChI is InChI=1S/C14H18BrN5/c1-10(16)8-20(2)14-7-13(17-9-18-14)19-12-5-3-11(15)4-6-12/h3-7,9-10H,8,16H2,1-2H3,(H,17,18,19). The summed E-state index contributed by atoms with van der Waals surface area (Å²) >= 11 is 3.41. The van der Waals surface area contributed by atoms with Crippen molar-refractivity contribution < 1.29 is 0 Å². The second-order valence-electron chi connectivity index (χ2n) is 4.75. The van der Waals surface area contributed by atoms with Crippen LogP contribution < -0.4 is 16.0 Å². The fraction of sp³-hybridized carbons (Fsp3) is 0.286. The Bertz CT molecular complexity index is 556. The molecule has 0 spiro atoms. The molecule has 5 nitrogen and oxygen atoms in total. The molecule has 0 aliphatic heterocycles. The van der Waals surface area contributed by atoms with Crippen LogP contribution in [0.25, 0.3) is 0 Å². The van der Waals surface area contributed by atoms with Crippen LogP contribution in [0.2, 0.25) is 0 Å². The normalized spacial score (nSPS) is 12.0. The van der Waals surface area contributed by atoms with Crippen molar-refractivity contribution in [3.63, 3.8) is 0 Å². The first-order chi connectivity index (χ1) is 9.54. The molecule has 0 radical (unpaired) electrons. The second kappa shape index (κ2) is 6.67. The van der Waals surface area contributed by atoms with Gasteiger partial charge in [0.1, 0.15) is 18.0 Å². The Morgan fingerprint density at radius 1 is 1.30 bits per heavy atom. The molecule has 6 heteroatoms. The number of hydrogen-bond acceptors (Lipinski definition) is 5. The van der Waals surface area contributed by atoms with E-state index in [1.54, 1.807) is 6.33 Å². The number of nitrogens with one attached hydrogen (secondary N) is 1. The molecule has 0 bridgehead atoms. The lowest BCUT2D eigenvalue weighted by Gasteiger charge is -2.20. The molecule has 0 amide bonds. The predicted molar refractivity (Wildman–Crippen MR) is 86.4 cm³/mol. The minimum Gasteiger partial charge on any atom is -0.358 e. The van der Waals surface area contributed by atoms with Crippen molar-refractivity contribution in [1.29, 1.82) is 0 Å². The quantitative estimate of drug-likeness (QED) is 0.879. The molecule has 2 aromatic rings. The van der Waals surface area contributed by atoms with E-state index in [1.807, 2.05) is 49.2 Å². The van der Waals surface area contributed by atoms with Gasteiger partial charge in [-0.2, -0.15) is 0 Å².